The average Bonchev–Trinajstić information content (AvgIpc) is 4.12. The molecule has 4 aliphatic carbocycles. The summed E-state index contributed by atoms with van der Waals surface area (Å²) < 4.78 is 8.15. The SMILES string of the molecule is C1=CCC2C(=C1)N=C(c1cccc(N3C4=Cc5c(sc6ccccc56)CC4c4oc5ccccc5c43)c1)c1ccc3c(c12)-c1ccccc1C31c2ccccc2-c2ccccc21. The minimum Gasteiger partial charge on any atom is -0.458 e. The number of rotatable bonds is 2. The predicted octanol–water partition coefficient (Wildman–Crippen LogP) is 14.6. The molecular formula is C58H36N2OS. The summed E-state index contributed by atoms with van der Waals surface area (Å²) in [5.74, 6) is 1.36. The number of nitrogens with zero attached hydrogens (tertiary/aromatic N) is 2. The van der Waals surface area contributed by atoms with E-state index in [1.54, 1.807) is 0 Å². The second-order valence-electron chi connectivity index (χ2n) is 17.6. The molecule has 4 heteroatoms. The number of benzene rings is 7. The first kappa shape index (κ1) is 33.4. The summed E-state index contributed by atoms with van der Waals surface area (Å²) in [5.41, 5.74) is 22.2. The number of allylic oxidation sites excluding steroid dienone is 5. The Hall–Kier alpha value is -7.27. The first-order valence-electron chi connectivity index (χ1n) is 21.8. The Labute approximate surface area is 363 Å². The number of thiophene rings is 1. The van der Waals surface area contributed by atoms with E-state index in [0.29, 0.717) is 0 Å². The standard InChI is InChI=1S/C58H36N2OS/c1-7-22-44-35(16-1)36-17-2-8-23-45(36)58(44)46-24-9-3-19-38(46)54-47(58)29-28-41-53(54)39-20-4-10-25-48(39)59-55(41)33-14-13-15-34(30-33)60-49-31-42-37-18-6-12-27-51(37)62-52(42)32-43(49)57-56(60)40-21-5-11-26-50(40)61-57/h1-19,21-31,39,43H,20,32H2. The van der Waals surface area contributed by atoms with Crippen LogP contribution < -0.4 is 4.90 Å². The van der Waals surface area contributed by atoms with Gasteiger partial charge in [-0.05, 0) is 111 Å². The highest BCUT2D eigenvalue weighted by Gasteiger charge is 2.53. The van der Waals surface area contributed by atoms with E-state index in [0.717, 1.165) is 57.9 Å². The monoisotopic (exact) mass is 808 g/mol. The van der Waals surface area contributed by atoms with E-state index < -0.39 is 5.41 Å². The highest BCUT2D eigenvalue weighted by molar-refractivity contribution is 7.19. The molecule has 62 heavy (non-hydrogen) atoms. The van der Waals surface area contributed by atoms with Crippen molar-refractivity contribution in [2.45, 2.75) is 30.1 Å². The summed E-state index contributed by atoms with van der Waals surface area (Å²) in [5, 5.41) is 2.48. The summed E-state index contributed by atoms with van der Waals surface area (Å²) in [4.78, 5) is 9.55. The van der Waals surface area contributed by atoms with E-state index in [9.17, 15) is 0 Å². The van der Waals surface area contributed by atoms with Crippen molar-refractivity contribution in [3.63, 3.8) is 0 Å². The third-order valence-electron chi connectivity index (χ3n) is 14.7. The van der Waals surface area contributed by atoms with Crippen LogP contribution in [0.4, 0.5) is 11.4 Å². The average molecular weight is 809 g/mol. The Kier molecular flexibility index (Phi) is 6.46. The molecule has 1 spiro atoms. The Morgan fingerprint density at radius 3 is 2.21 bits per heavy atom. The quantitative estimate of drug-likeness (QED) is 0.174. The number of aliphatic imine (C=N–C) groups is 1. The highest BCUT2D eigenvalue weighted by atomic mass is 32.1. The molecule has 0 fully saturated rings. The van der Waals surface area contributed by atoms with Gasteiger partial charge in [0.2, 0.25) is 0 Å². The predicted molar refractivity (Wildman–Crippen MR) is 254 cm³/mol. The van der Waals surface area contributed by atoms with E-state index >= 15 is 0 Å². The molecule has 7 aromatic carbocycles. The van der Waals surface area contributed by atoms with Gasteiger partial charge in [-0.3, -0.25) is 4.99 Å². The lowest BCUT2D eigenvalue weighted by Crippen LogP contribution is -2.26. The summed E-state index contributed by atoms with van der Waals surface area (Å²) >= 11 is 1.92. The number of fused-ring (bicyclic) bond motifs is 22. The van der Waals surface area contributed by atoms with Crippen LogP contribution in [0.3, 0.4) is 0 Å². The molecule has 290 valence electrons. The van der Waals surface area contributed by atoms with Gasteiger partial charge in [0.25, 0.3) is 0 Å². The van der Waals surface area contributed by atoms with E-state index in [1.165, 1.54) is 81.9 Å². The maximum atomic E-state index is 6.81. The summed E-state index contributed by atoms with van der Waals surface area (Å²) in [6, 6.07) is 58.8. The zero-order valence-electron chi connectivity index (χ0n) is 33.6. The van der Waals surface area contributed by atoms with E-state index in [4.69, 9.17) is 9.41 Å². The number of furan rings is 1. The minimum absolute atomic E-state index is 0.134. The van der Waals surface area contributed by atoms with Gasteiger partial charge in [-0.25, -0.2) is 0 Å². The van der Waals surface area contributed by atoms with Crippen LogP contribution in [-0.4, -0.2) is 5.71 Å². The van der Waals surface area contributed by atoms with Crippen molar-refractivity contribution in [2.24, 2.45) is 4.99 Å². The fourth-order valence-electron chi connectivity index (χ4n) is 12.3. The first-order chi connectivity index (χ1) is 30.8. The van der Waals surface area contributed by atoms with Crippen LogP contribution in [-0.2, 0) is 11.8 Å². The van der Waals surface area contributed by atoms with Crippen molar-refractivity contribution in [3.05, 3.63) is 242 Å². The molecule has 0 saturated heterocycles. The van der Waals surface area contributed by atoms with E-state index in [1.807, 2.05) is 11.3 Å². The van der Waals surface area contributed by atoms with Crippen molar-refractivity contribution < 1.29 is 4.42 Å². The fraction of sp³-hybridized carbons (Fsp3) is 0.0862. The van der Waals surface area contributed by atoms with Crippen LogP contribution in [0.2, 0.25) is 0 Å². The second-order valence-corrected chi connectivity index (χ2v) is 18.7. The smallest absolute Gasteiger partial charge is 0.138 e. The van der Waals surface area contributed by atoms with Crippen LogP contribution in [0.5, 0.6) is 0 Å². The van der Waals surface area contributed by atoms with Crippen LogP contribution in [0, 0.1) is 0 Å². The zero-order valence-corrected chi connectivity index (χ0v) is 34.4. The minimum atomic E-state index is -0.393. The van der Waals surface area contributed by atoms with Crippen LogP contribution >= 0.6 is 11.3 Å². The topological polar surface area (TPSA) is 28.7 Å². The van der Waals surface area contributed by atoms with Gasteiger partial charge >= 0.3 is 0 Å². The van der Waals surface area contributed by atoms with E-state index in [-0.39, 0.29) is 11.8 Å². The Balaban J connectivity index is 0.950. The molecule has 0 N–H and O–H groups in total. The lowest BCUT2D eigenvalue weighted by molar-refractivity contribution is 0.527. The first-order valence-corrected chi connectivity index (χ1v) is 22.6. The molecule has 4 heterocycles. The van der Waals surface area contributed by atoms with Gasteiger partial charge in [-0.15, -0.1) is 11.3 Å². The zero-order chi connectivity index (χ0) is 40.3. The molecule has 2 aliphatic heterocycles. The lowest BCUT2D eigenvalue weighted by Gasteiger charge is -2.33. The maximum Gasteiger partial charge on any atom is 0.138 e. The Morgan fingerprint density at radius 2 is 1.37 bits per heavy atom. The molecule has 0 radical (unpaired) electrons. The fourth-order valence-corrected chi connectivity index (χ4v) is 13.5. The molecule has 15 rings (SSSR count). The molecule has 0 amide bonds. The van der Waals surface area contributed by atoms with Crippen molar-refractivity contribution in [1.29, 1.82) is 0 Å². The molecule has 0 bridgehead atoms. The Bertz CT molecular complexity index is 3580. The normalized spacial score (nSPS) is 18.8. The van der Waals surface area contributed by atoms with E-state index in [2.05, 4.69) is 187 Å². The van der Waals surface area contributed by atoms with Crippen LogP contribution in [0.15, 0.2) is 197 Å². The third kappa shape index (κ3) is 4.09. The molecular weight excluding hydrogens is 773 g/mol. The van der Waals surface area contributed by atoms with Crippen LogP contribution in [0.1, 0.15) is 73.4 Å². The Morgan fingerprint density at radius 1 is 0.645 bits per heavy atom. The van der Waals surface area contributed by atoms with Gasteiger partial charge in [0.1, 0.15) is 11.3 Å². The molecule has 0 saturated carbocycles. The molecule has 6 aliphatic rings. The molecule has 9 aromatic rings. The third-order valence-corrected chi connectivity index (χ3v) is 15.9. The lowest BCUT2D eigenvalue weighted by atomic mass is 9.69. The van der Waals surface area contributed by atoms with Crippen molar-refractivity contribution in [2.75, 3.05) is 4.90 Å². The summed E-state index contributed by atoms with van der Waals surface area (Å²) in [6.07, 6.45) is 11.1. The molecule has 2 aromatic heterocycles. The molecule has 3 nitrogen and oxygen atoms in total. The van der Waals surface area contributed by atoms with Gasteiger partial charge in [-0.1, -0.05) is 140 Å². The number of hydrogen-bond donors (Lipinski definition) is 0. The second kappa shape index (κ2) is 12.0. The van der Waals surface area contributed by atoms with Gasteiger partial charge in [0.05, 0.1) is 22.7 Å². The largest absolute Gasteiger partial charge is 0.458 e. The van der Waals surface area contributed by atoms with Crippen LogP contribution in [0.25, 0.3) is 49.4 Å². The highest BCUT2D eigenvalue weighted by Crippen LogP contribution is 2.65. The van der Waals surface area contributed by atoms with Gasteiger partial charge in [0.15, 0.2) is 0 Å². The van der Waals surface area contributed by atoms with Crippen molar-refractivity contribution in [1.82, 2.24) is 0 Å². The number of para-hydroxylation sites is 1. The molecule has 2 unspecified atom stereocenters. The van der Waals surface area contributed by atoms with Crippen molar-refractivity contribution in [3.8, 4) is 22.3 Å². The van der Waals surface area contributed by atoms with Gasteiger partial charge in [-0.2, -0.15) is 0 Å². The number of anilines is 2. The number of hydrogen-bond acceptors (Lipinski definition) is 4. The molecule has 2 atom stereocenters. The summed E-state index contributed by atoms with van der Waals surface area (Å²) in [6.45, 7) is 0. The van der Waals surface area contributed by atoms with Gasteiger partial charge < -0.3 is 9.32 Å². The van der Waals surface area contributed by atoms with Gasteiger partial charge in [0, 0.05) is 54.5 Å². The summed E-state index contributed by atoms with van der Waals surface area (Å²) in [7, 11) is 0. The van der Waals surface area contributed by atoms with Crippen molar-refractivity contribution >= 4 is 55.6 Å². The maximum absolute atomic E-state index is 6.81.